The summed E-state index contributed by atoms with van der Waals surface area (Å²) in [7, 11) is 0. The number of aromatic nitrogens is 4. The highest BCUT2D eigenvalue weighted by atomic mass is 15.1. The molecule has 100 heavy (non-hydrogen) atoms. The van der Waals surface area contributed by atoms with E-state index in [2.05, 4.69) is 370 Å². The fourth-order valence-electron chi connectivity index (χ4n) is 18.6. The lowest BCUT2D eigenvalue weighted by atomic mass is 9.67. The van der Waals surface area contributed by atoms with Gasteiger partial charge in [-0.05, 0) is 115 Å². The summed E-state index contributed by atoms with van der Waals surface area (Å²) in [6.07, 6.45) is 0. The maximum atomic E-state index is 13.1. The summed E-state index contributed by atoms with van der Waals surface area (Å²) in [6, 6.07) is 129. The normalized spacial score (nSPS) is 13.3. The second kappa shape index (κ2) is 21.0. The Bertz CT molecular complexity index is 6190. The SMILES string of the molecule is N#Cc1c(C#N)c(-n2c3ccccc3c3c4c(ccc32)-c2ccccc2C4(c2ccccc2)c2ccccc2)c(-n2c3ccccc3c3ccccc32)c(-n2c3ccccc3c3ccccc32)c1-n1c2ccccc2c2c3c(ccc21)-c1ccccc1C3(c1ccccc1)c1ccccc1. The van der Waals surface area contributed by atoms with Crippen molar-refractivity contribution in [2.24, 2.45) is 0 Å². The lowest BCUT2D eigenvalue weighted by Gasteiger charge is -2.34. The van der Waals surface area contributed by atoms with Gasteiger partial charge in [-0.1, -0.05) is 291 Å². The molecule has 462 valence electrons. The number of fused-ring (bicyclic) bond motifs is 20. The van der Waals surface area contributed by atoms with Crippen LogP contribution in [0.25, 0.3) is 132 Å². The van der Waals surface area contributed by atoms with E-state index in [4.69, 9.17) is 0 Å². The van der Waals surface area contributed by atoms with E-state index in [1.54, 1.807) is 0 Å². The summed E-state index contributed by atoms with van der Waals surface area (Å²) < 4.78 is 9.56. The van der Waals surface area contributed by atoms with Crippen molar-refractivity contribution >= 4 is 87.2 Å². The third-order valence-corrected chi connectivity index (χ3v) is 22.2. The zero-order chi connectivity index (χ0) is 66.0. The Hall–Kier alpha value is -13.5. The van der Waals surface area contributed by atoms with E-state index in [1.807, 2.05) is 0 Å². The smallest absolute Gasteiger partial charge is 0.103 e. The van der Waals surface area contributed by atoms with E-state index in [0.717, 1.165) is 143 Å². The van der Waals surface area contributed by atoms with Crippen LogP contribution in [0.1, 0.15) is 55.6 Å². The minimum atomic E-state index is -0.789. The average molecular weight is 1270 g/mol. The molecule has 19 aromatic rings. The largest absolute Gasteiger partial charge is 0.306 e. The first-order valence-electron chi connectivity index (χ1n) is 34.2. The van der Waals surface area contributed by atoms with Gasteiger partial charge in [0.2, 0.25) is 0 Å². The third-order valence-electron chi connectivity index (χ3n) is 22.2. The molecule has 6 nitrogen and oxygen atoms in total. The summed E-state index contributed by atoms with van der Waals surface area (Å²) in [4.78, 5) is 0. The summed E-state index contributed by atoms with van der Waals surface area (Å²) in [5.41, 5.74) is 22.9. The molecule has 0 saturated heterocycles. The van der Waals surface area contributed by atoms with E-state index in [1.165, 1.54) is 22.3 Å². The number of hydrogen-bond acceptors (Lipinski definition) is 2. The molecule has 4 heterocycles. The highest BCUT2D eigenvalue weighted by Crippen LogP contribution is 2.62. The van der Waals surface area contributed by atoms with E-state index in [9.17, 15) is 10.5 Å². The van der Waals surface area contributed by atoms with Crippen LogP contribution in [-0.4, -0.2) is 18.3 Å². The van der Waals surface area contributed by atoms with Gasteiger partial charge in [-0.3, -0.25) is 0 Å². The van der Waals surface area contributed by atoms with Gasteiger partial charge in [0, 0.05) is 43.1 Å². The fraction of sp³-hybridized carbons (Fsp3) is 0.0213. The minimum Gasteiger partial charge on any atom is -0.306 e. The molecule has 0 aliphatic heterocycles. The van der Waals surface area contributed by atoms with Gasteiger partial charge in [-0.25, -0.2) is 0 Å². The number of benzene rings is 15. The predicted molar refractivity (Wildman–Crippen MR) is 408 cm³/mol. The highest BCUT2D eigenvalue weighted by molar-refractivity contribution is 6.20. The van der Waals surface area contributed by atoms with Gasteiger partial charge < -0.3 is 18.3 Å². The van der Waals surface area contributed by atoms with Crippen molar-refractivity contribution in [1.82, 2.24) is 18.3 Å². The molecule has 6 heteroatoms. The van der Waals surface area contributed by atoms with Gasteiger partial charge in [-0.2, -0.15) is 10.5 Å². The molecule has 0 radical (unpaired) electrons. The topological polar surface area (TPSA) is 67.3 Å². The van der Waals surface area contributed by atoms with Crippen molar-refractivity contribution in [2.45, 2.75) is 10.8 Å². The van der Waals surface area contributed by atoms with E-state index >= 15 is 0 Å². The Kier molecular flexibility index (Phi) is 11.7. The van der Waals surface area contributed by atoms with Crippen molar-refractivity contribution in [2.75, 3.05) is 0 Å². The van der Waals surface area contributed by atoms with Crippen LogP contribution in [0.4, 0.5) is 0 Å². The lowest BCUT2D eigenvalue weighted by Crippen LogP contribution is -2.28. The second-order valence-corrected chi connectivity index (χ2v) is 26.6. The molecule has 2 aliphatic carbocycles. The van der Waals surface area contributed by atoms with Gasteiger partial charge in [0.05, 0.1) is 88.8 Å². The van der Waals surface area contributed by atoms with E-state index in [-0.39, 0.29) is 11.1 Å². The first-order chi connectivity index (χ1) is 49.6. The predicted octanol–water partition coefficient (Wildman–Crippen LogP) is 22.5. The number of rotatable bonds is 8. The summed E-state index contributed by atoms with van der Waals surface area (Å²) in [5.74, 6) is 0. The van der Waals surface area contributed by atoms with E-state index < -0.39 is 10.8 Å². The quantitative estimate of drug-likeness (QED) is 0.152. The van der Waals surface area contributed by atoms with Gasteiger partial charge in [0.25, 0.3) is 0 Å². The first-order valence-corrected chi connectivity index (χ1v) is 34.2. The number of para-hydroxylation sites is 6. The van der Waals surface area contributed by atoms with Crippen LogP contribution in [0.2, 0.25) is 0 Å². The Morgan fingerprint density at radius 1 is 0.210 bits per heavy atom. The number of nitriles is 2. The van der Waals surface area contributed by atoms with Crippen LogP contribution in [0, 0.1) is 22.7 Å². The molecule has 2 aliphatic rings. The van der Waals surface area contributed by atoms with Crippen molar-refractivity contribution in [3.8, 4) is 57.1 Å². The fourth-order valence-corrected chi connectivity index (χ4v) is 18.6. The summed E-state index contributed by atoms with van der Waals surface area (Å²) in [6.45, 7) is 0. The van der Waals surface area contributed by atoms with Crippen molar-refractivity contribution in [1.29, 1.82) is 10.5 Å². The second-order valence-electron chi connectivity index (χ2n) is 26.6. The van der Waals surface area contributed by atoms with Gasteiger partial charge in [0.1, 0.15) is 12.1 Å². The zero-order valence-electron chi connectivity index (χ0n) is 54.0. The number of nitrogens with zero attached hydrogens (tertiary/aromatic N) is 6. The van der Waals surface area contributed by atoms with Crippen LogP contribution >= 0.6 is 0 Å². The van der Waals surface area contributed by atoms with Gasteiger partial charge >= 0.3 is 0 Å². The molecule has 0 amide bonds. The minimum absolute atomic E-state index is 0.241. The van der Waals surface area contributed by atoms with Crippen LogP contribution in [-0.2, 0) is 10.8 Å². The Morgan fingerprint density at radius 2 is 0.460 bits per heavy atom. The van der Waals surface area contributed by atoms with Crippen LogP contribution in [0.5, 0.6) is 0 Å². The summed E-state index contributed by atoms with van der Waals surface area (Å²) in [5, 5.41) is 34.6. The molecular formula is C94H56N6. The summed E-state index contributed by atoms with van der Waals surface area (Å²) >= 11 is 0. The monoisotopic (exact) mass is 1270 g/mol. The maximum absolute atomic E-state index is 13.1. The van der Waals surface area contributed by atoms with Crippen molar-refractivity contribution in [3.05, 3.63) is 395 Å². The molecule has 0 spiro atoms. The molecule has 4 aromatic heterocycles. The molecule has 21 rings (SSSR count). The van der Waals surface area contributed by atoms with Crippen molar-refractivity contribution in [3.63, 3.8) is 0 Å². The Morgan fingerprint density at radius 3 is 0.770 bits per heavy atom. The lowest BCUT2D eigenvalue weighted by molar-refractivity contribution is 0.776. The van der Waals surface area contributed by atoms with Crippen LogP contribution in [0.3, 0.4) is 0 Å². The molecule has 0 N–H and O–H groups in total. The Labute approximate surface area is 575 Å². The highest BCUT2D eigenvalue weighted by Gasteiger charge is 2.50. The Balaban J connectivity index is 1.02. The molecule has 15 aromatic carbocycles. The number of hydrogen-bond donors (Lipinski definition) is 0. The van der Waals surface area contributed by atoms with Crippen LogP contribution in [0.15, 0.2) is 340 Å². The molecule has 0 unspecified atom stereocenters. The molecule has 0 saturated carbocycles. The van der Waals surface area contributed by atoms with E-state index in [0.29, 0.717) is 11.4 Å². The standard InChI is InChI=1S/C94H56N6/c95-57-73-74(58-96)90(100-82-52-28-20-44-72(82)86-84(100)56-54-70-64-38-14-22-46-76(64)94(88(70)86,61-33-9-3-10-34-61)62-35-11-4-12-36-62)92(98-79-49-25-17-41-67(79)68-42-18-26-50-80(68)98)91(97-77-47-23-15-39-65(77)66-40-16-24-48-78(66)97)89(73)99-81-51-27-19-43-71(81)85-83(99)55-53-69-63-37-13-21-45-75(63)93(87(69)85,59-29-5-1-6-30-59)60-31-7-2-8-32-60/h1-56H. The molecular weight excluding hydrogens is 1210 g/mol. The average Bonchev–Trinajstić information content (AvgIpc) is 1.51. The van der Waals surface area contributed by atoms with Gasteiger partial charge in [-0.15, -0.1) is 0 Å². The molecule has 0 bridgehead atoms. The molecule has 0 fully saturated rings. The zero-order valence-corrected chi connectivity index (χ0v) is 54.0. The van der Waals surface area contributed by atoms with Gasteiger partial charge in [0.15, 0.2) is 0 Å². The van der Waals surface area contributed by atoms with Crippen molar-refractivity contribution < 1.29 is 0 Å². The van der Waals surface area contributed by atoms with Crippen LogP contribution < -0.4 is 0 Å². The molecule has 0 atom stereocenters. The first kappa shape index (κ1) is 55.7. The third kappa shape index (κ3) is 7.07. The maximum Gasteiger partial charge on any atom is 0.103 e.